The van der Waals surface area contributed by atoms with E-state index in [-0.39, 0.29) is 28.9 Å². The number of benzene rings is 2. The van der Waals surface area contributed by atoms with Crippen LogP contribution in [0.3, 0.4) is 0 Å². The first-order chi connectivity index (χ1) is 15.5. The van der Waals surface area contributed by atoms with Crippen LogP contribution in [-0.4, -0.2) is 52.2 Å². The molecule has 172 valence electrons. The summed E-state index contributed by atoms with van der Waals surface area (Å²) in [4.78, 5) is 63.7. The molecule has 0 N–H and O–H groups in total. The van der Waals surface area contributed by atoms with Gasteiger partial charge in [-0.25, -0.2) is 9.69 Å². The van der Waals surface area contributed by atoms with E-state index in [2.05, 4.69) is 4.74 Å². The predicted molar refractivity (Wildman–Crippen MR) is 118 cm³/mol. The van der Waals surface area contributed by atoms with E-state index in [0.29, 0.717) is 0 Å². The number of hydrogen-bond donors (Lipinski definition) is 0. The van der Waals surface area contributed by atoms with Crippen molar-refractivity contribution in [1.29, 1.82) is 0 Å². The number of esters is 1. The molecule has 2 aromatic rings. The Hall–Kier alpha value is -4.08. The number of nitro groups is 1. The highest BCUT2D eigenvalue weighted by Gasteiger charge is 2.47. The van der Waals surface area contributed by atoms with Crippen LogP contribution in [0.15, 0.2) is 48.5 Å². The molecule has 33 heavy (non-hydrogen) atoms. The van der Waals surface area contributed by atoms with Crippen molar-refractivity contribution in [2.45, 2.75) is 38.8 Å². The Morgan fingerprint density at radius 3 is 2.06 bits per heavy atom. The molecule has 0 saturated carbocycles. The third-order valence-corrected chi connectivity index (χ3v) is 5.25. The maximum Gasteiger partial charge on any atom is 0.337 e. The number of nitro benzene ring substituents is 1. The Kier molecular flexibility index (Phi) is 6.30. The van der Waals surface area contributed by atoms with Gasteiger partial charge in [-0.3, -0.25) is 24.5 Å². The minimum atomic E-state index is -1.06. The number of imide groups is 1. The molecule has 10 nitrogen and oxygen atoms in total. The second-order valence-electron chi connectivity index (χ2n) is 8.48. The van der Waals surface area contributed by atoms with Crippen LogP contribution in [0.25, 0.3) is 0 Å². The lowest BCUT2D eigenvalue weighted by atomic mass is 9.99. The molecule has 1 saturated heterocycles. The lowest BCUT2D eigenvalue weighted by molar-refractivity contribution is -0.384. The fourth-order valence-electron chi connectivity index (χ4n) is 3.73. The first-order valence-electron chi connectivity index (χ1n) is 10.1. The van der Waals surface area contributed by atoms with Crippen molar-refractivity contribution in [2.24, 2.45) is 0 Å². The van der Waals surface area contributed by atoms with Gasteiger partial charge in [-0.1, -0.05) is 0 Å². The zero-order valence-electron chi connectivity index (χ0n) is 18.6. The van der Waals surface area contributed by atoms with Crippen LogP contribution in [0.5, 0.6) is 0 Å². The summed E-state index contributed by atoms with van der Waals surface area (Å²) in [5.74, 6) is -2.13. The molecule has 1 unspecified atom stereocenters. The standard InChI is InChI=1S/C23H23N3O7/c1-23(2,3)25(20(28)14-5-11-17(12-6-14)26(31)32)18-13-19(27)24(21(18)29)16-9-7-15(8-10-16)22(30)33-4/h5-12,18H,13H2,1-4H3. The third-order valence-electron chi connectivity index (χ3n) is 5.25. The number of anilines is 1. The second kappa shape index (κ2) is 8.81. The number of carbonyl (C=O) groups is 4. The predicted octanol–water partition coefficient (Wildman–Crippen LogP) is 2.95. The zero-order chi connectivity index (χ0) is 24.5. The fourth-order valence-corrected chi connectivity index (χ4v) is 3.73. The third kappa shape index (κ3) is 4.59. The van der Waals surface area contributed by atoms with Gasteiger partial charge in [0.2, 0.25) is 5.91 Å². The van der Waals surface area contributed by atoms with E-state index >= 15 is 0 Å². The average molecular weight is 453 g/mol. The van der Waals surface area contributed by atoms with E-state index in [0.717, 1.165) is 4.90 Å². The fraction of sp³-hybridized carbons (Fsp3) is 0.304. The van der Waals surface area contributed by atoms with Gasteiger partial charge in [0, 0.05) is 23.2 Å². The van der Waals surface area contributed by atoms with Crippen LogP contribution < -0.4 is 4.90 Å². The largest absolute Gasteiger partial charge is 0.465 e. The van der Waals surface area contributed by atoms with E-state index in [4.69, 9.17) is 0 Å². The lowest BCUT2D eigenvalue weighted by Crippen LogP contribution is -2.54. The van der Waals surface area contributed by atoms with Crippen molar-refractivity contribution in [3.63, 3.8) is 0 Å². The first kappa shape index (κ1) is 23.6. The van der Waals surface area contributed by atoms with Gasteiger partial charge in [0.1, 0.15) is 6.04 Å². The van der Waals surface area contributed by atoms with E-state index in [1.54, 1.807) is 20.8 Å². The smallest absolute Gasteiger partial charge is 0.337 e. The summed E-state index contributed by atoms with van der Waals surface area (Å²) < 4.78 is 4.65. The Morgan fingerprint density at radius 2 is 1.58 bits per heavy atom. The molecular weight excluding hydrogens is 430 g/mol. The molecule has 2 aromatic carbocycles. The summed E-state index contributed by atoms with van der Waals surface area (Å²) in [6.45, 7) is 5.21. The monoisotopic (exact) mass is 453 g/mol. The summed E-state index contributed by atoms with van der Waals surface area (Å²) in [5.41, 5.74) is -0.290. The summed E-state index contributed by atoms with van der Waals surface area (Å²) in [7, 11) is 1.25. The molecule has 0 aromatic heterocycles. The molecule has 0 bridgehead atoms. The van der Waals surface area contributed by atoms with Crippen LogP contribution in [0.2, 0.25) is 0 Å². The van der Waals surface area contributed by atoms with Crippen molar-refractivity contribution in [3.8, 4) is 0 Å². The number of carbonyl (C=O) groups excluding carboxylic acids is 4. The quantitative estimate of drug-likeness (QED) is 0.295. The number of methoxy groups -OCH3 is 1. The maximum atomic E-state index is 13.3. The number of amides is 3. The van der Waals surface area contributed by atoms with Gasteiger partial charge in [0.15, 0.2) is 0 Å². The molecule has 0 aliphatic carbocycles. The first-order valence-corrected chi connectivity index (χ1v) is 10.1. The molecule has 0 radical (unpaired) electrons. The normalized spacial score (nSPS) is 16.0. The minimum Gasteiger partial charge on any atom is -0.465 e. The van der Waals surface area contributed by atoms with Crippen molar-refractivity contribution >= 4 is 35.1 Å². The Morgan fingerprint density at radius 1 is 1.03 bits per heavy atom. The van der Waals surface area contributed by atoms with Crippen LogP contribution >= 0.6 is 0 Å². The highest BCUT2D eigenvalue weighted by molar-refractivity contribution is 6.23. The molecular formula is C23H23N3O7. The van der Waals surface area contributed by atoms with Gasteiger partial charge in [-0.2, -0.15) is 0 Å². The van der Waals surface area contributed by atoms with Crippen LogP contribution in [0.1, 0.15) is 47.9 Å². The van der Waals surface area contributed by atoms with Crippen LogP contribution in [0, 0.1) is 10.1 Å². The number of nitrogens with zero attached hydrogens (tertiary/aromatic N) is 3. The lowest BCUT2D eigenvalue weighted by Gasteiger charge is -2.39. The summed E-state index contributed by atoms with van der Waals surface area (Å²) in [5, 5.41) is 10.9. The summed E-state index contributed by atoms with van der Waals surface area (Å²) >= 11 is 0. The molecule has 1 atom stereocenters. The van der Waals surface area contributed by atoms with Crippen molar-refractivity contribution in [2.75, 3.05) is 12.0 Å². The molecule has 1 aliphatic rings. The number of non-ortho nitro benzene ring substituents is 1. The molecule has 1 aliphatic heterocycles. The number of hydrogen-bond acceptors (Lipinski definition) is 7. The van der Waals surface area contributed by atoms with Gasteiger partial charge >= 0.3 is 5.97 Å². The SMILES string of the molecule is COC(=O)c1ccc(N2C(=O)CC(N(C(=O)c3ccc([N+](=O)[O-])cc3)C(C)(C)C)C2=O)cc1. The van der Waals surface area contributed by atoms with Gasteiger partial charge in [-0.15, -0.1) is 0 Å². The van der Waals surface area contributed by atoms with E-state index in [1.807, 2.05) is 0 Å². The van der Waals surface area contributed by atoms with Gasteiger partial charge < -0.3 is 9.64 Å². The van der Waals surface area contributed by atoms with Gasteiger partial charge in [0.25, 0.3) is 17.5 Å². The topological polar surface area (TPSA) is 127 Å². The van der Waals surface area contributed by atoms with Gasteiger partial charge in [0.05, 0.1) is 29.7 Å². The summed E-state index contributed by atoms with van der Waals surface area (Å²) in [6.07, 6.45) is -0.215. The minimum absolute atomic E-state index is 0.164. The Balaban J connectivity index is 1.92. The van der Waals surface area contributed by atoms with E-state index in [1.165, 1.54) is 60.5 Å². The molecule has 3 amide bonds. The highest BCUT2D eigenvalue weighted by Crippen LogP contribution is 2.31. The summed E-state index contributed by atoms with van der Waals surface area (Å²) in [6, 6.07) is 9.83. The van der Waals surface area contributed by atoms with Crippen molar-refractivity contribution < 1.29 is 28.8 Å². The molecule has 1 heterocycles. The van der Waals surface area contributed by atoms with E-state index < -0.39 is 40.2 Å². The van der Waals surface area contributed by atoms with Crippen molar-refractivity contribution in [1.82, 2.24) is 4.90 Å². The Bertz CT molecular complexity index is 1120. The maximum absolute atomic E-state index is 13.3. The van der Waals surface area contributed by atoms with E-state index in [9.17, 15) is 29.3 Å². The van der Waals surface area contributed by atoms with Gasteiger partial charge in [-0.05, 0) is 57.2 Å². The molecule has 3 rings (SSSR count). The molecule has 0 spiro atoms. The number of rotatable bonds is 5. The second-order valence-corrected chi connectivity index (χ2v) is 8.48. The van der Waals surface area contributed by atoms with Crippen LogP contribution in [0.4, 0.5) is 11.4 Å². The Labute approximate surface area is 189 Å². The number of ether oxygens (including phenoxy) is 1. The zero-order valence-corrected chi connectivity index (χ0v) is 18.6. The molecule has 1 fully saturated rings. The highest BCUT2D eigenvalue weighted by atomic mass is 16.6. The molecule has 10 heteroatoms. The van der Waals surface area contributed by atoms with Crippen molar-refractivity contribution in [3.05, 3.63) is 69.8 Å². The average Bonchev–Trinajstić information content (AvgIpc) is 3.05. The van der Waals surface area contributed by atoms with Crippen LogP contribution in [-0.2, 0) is 14.3 Å².